The van der Waals surface area contributed by atoms with E-state index in [-0.39, 0.29) is 18.4 Å². The maximum Gasteiger partial charge on any atom is 0.339 e. The molecule has 0 spiro atoms. The lowest BCUT2D eigenvalue weighted by Crippen LogP contribution is -2.48. The summed E-state index contributed by atoms with van der Waals surface area (Å²) < 4.78 is 5.78. The van der Waals surface area contributed by atoms with Gasteiger partial charge < -0.3 is 15.4 Å². The summed E-state index contributed by atoms with van der Waals surface area (Å²) in [7, 11) is 0. The van der Waals surface area contributed by atoms with E-state index in [0.29, 0.717) is 36.9 Å². The molecule has 2 N–H and O–H groups in total. The molecule has 2 unspecified atom stereocenters. The molecule has 2 heterocycles. The van der Waals surface area contributed by atoms with E-state index >= 15 is 0 Å². The van der Waals surface area contributed by atoms with Crippen molar-refractivity contribution in [3.05, 3.63) is 77.0 Å². The topological polar surface area (TPSA) is 103 Å². The Hall–Kier alpha value is -4.00. The fourth-order valence-electron chi connectivity index (χ4n) is 5.40. The Bertz CT molecular complexity index is 1380. The van der Waals surface area contributed by atoms with Crippen molar-refractivity contribution in [1.29, 1.82) is 0 Å². The van der Waals surface area contributed by atoms with Gasteiger partial charge in [0.05, 0.1) is 22.7 Å². The van der Waals surface area contributed by atoms with E-state index in [0.717, 1.165) is 40.6 Å². The predicted octanol–water partition coefficient (Wildman–Crippen LogP) is 4.38. The third-order valence-electron chi connectivity index (χ3n) is 7.28. The third-order valence-corrected chi connectivity index (χ3v) is 7.28. The minimum atomic E-state index is -0.982. The van der Waals surface area contributed by atoms with Crippen LogP contribution in [0.2, 0.25) is 0 Å². The lowest BCUT2D eigenvalue weighted by Gasteiger charge is -2.32. The smallest absolute Gasteiger partial charge is 0.339 e. The number of rotatable bonds is 5. The van der Waals surface area contributed by atoms with Crippen LogP contribution in [0, 0.1) is 5.92 Å². The standard InChI is InChI=1S/C30H31N3O4/c1-19(29(35)33-16-8-12-22(18-33)28(31)34)37-30(36)26-23-13-5-6-15-25(23)32-27-21(11-7-14-24(26)27)17-20-9-3-2-4-10-20/h2-6,9-10,13,15,17,19,22H,7-8,11-12,14,16,18H2,1H3,(H2,31,34)/b21-17-. The van der Waals surface area contributed by atoms with Crippen molar-refractivity contribution in [1.82, 2.24) is 9.88 Å². The molecule has 1 fully saturated rings. The van der Waals surface area contributed by atoms with Gasteiger partial charge in [-0.25, -0.2) is 9.78 Å². The van der Waals surface area contributed by atoms with E-state index in [1.807, 2.05) is 54.6 Å². The molecule has 2 aliphatic rings. The van der Waals surface area contributed by atoms with Crippen LogP contribution in [0.3, 0.4) is 0 Å². The summed E-state index contributed by atoms with van der Waals surface area (Å²) in [5.74, 6) is -1.61. The molecule has 0 radical (unpaired) electrons. The second kappa shape index (κ2) is 10.5. The largest absolute Gasteiger partial charge is 0.449 e. The molecular weight excluding hydrogens is 466 g/mol. The number of fused-ring (bicyclic) bond motifs is 2. The summed E-state index contributed by atoms with van der Waals surface area (Å²) in [6.45, 7) is 2.37. The molecular formula is C30H31N3O4. The first kappa shape index (κ1) is 24.7. The van der Waals surface area contributed by atoms with Crippen LogP contribution >= 0.6 is 0 Å². The average molecular weight is 498 g/mol. The van der Waals surface area contributed by atoms with Gasteiger partial charge in [0.2, 0.25) is 5.91 Å². The number of para-hydroxylation sites is 1. The Balaban J connectivity index is 1.47. The van der Waals surface area contributed by atoms with E-state index in [1.54, 1.807) is 11.8 Å². The van der Waals surface area contributed by atoms with Crippen molar-refractivity contribution < 1.29 is 19.1 Å². The van der Waals surface area contributed by atoms with Crippen LogP contribution < -0.4 is 5.73 Å². The number of carbonyl (C=O) groups excluding carboxylic acids is 3. The zero-order chi connectivity index (χ0) is 25.9. The highest BCUT2D eigenvalue weighted by atomic mass is 16.5. The Labute approximate surface area is 216 Å². The molecule has 1 aliphatic heterocycles. The lowest BCUT2D eigenvalue weighted by atomic mass is 9.86. The van der Waals surface area contributed by atoms with E-state index in [1.165, 1.54) is 0 Å². The lowest BCUT2D eigenvalue weighted by molar-refractivity contribution is -0.142. The number of amides is 2. The molecule has 2 amide bonds. The van der Waals surface area contributed by atoms with Crippen molar-refractivity contribution in [3.63, 3.8) is 0 Å². The van der Waals surface area contributed by atoms with Crippen LogP contribution in [0.25, 0.3) is 22.6 Å². The van der Waals surface area contributed by atoms with Crippen LogP contribution in [0.15, 0.2) is 54.6 Å². The molecule has 2 atom stereocenters. The first-order chi connectivity index (χ1) is 17.9. The number of piperidine rings is 1. The van der Waals surface area contributed by atoms with Gasteiger partial charge in [0.15, 0.2) is 6.10 Å². The first-order valence-electron chi connectivity index (χ1n) is 12.9. The number of likely N-dealkylation sites (tertiary alicyclic amines) is 1. The summed E-state index contributed by atoms with van der Waals surface area (Å²) in [5, 5.41) is 0.721. The van der Waals surface area contributed by atoms with E-state index in [2.05, 4.69) is 6.08 Å². The Morgan fingerprint density at radius 3 is 2.59 bits per heavy atom. The molecule has 7 nitrogen and oxygen atoms in total. The van der Waals surface area contributed by atoms with E-state index in [9.17, 15) is 14.4 Å². The van der Waals surface area contributed by atoms with E-state index in [4.69, 9.17) is 15.5 Å². The SMILES string of the molecule is CC(OC(=O)c1c2c(nc3ccccc13)/C(=C\c1ccccc1)CCC2)C(=O)N1CCCC(C(N)=O)C1. The minimum Gasteiger partial charge on any atom is -0.449 e. The van der Waals surface area contributed by atoms with Crippen molar-refractivity contribution in [2.75, 3.05) is 13.1 Å². The summed E-state index contributed by atoms with van der Waals surface area (Å²) in [6.07, 6.45) is 4.98. The minimum absolute atomic E-state index is 0.261. The number of ether oxygens (including phenoxy) is 1. The molecule has 1 aliphatic carbocycles. The molecule has 0 saturated carbocycles. The second-order valence-electron chi connectivity index (χ2n) is 9.84. The number of nitrogens with zero attached hydrogens (tertiary/aromatic N) is 2. The summed E-state index contributed by atoms with van der Waals surface area (Å²) in [6, 6.07) is 17.6. The predicted molar refractivity (Wildman–Crippen MR) is 142 cm³/mol. The molecule has 7 heteroatoms. The molecule has 5 rings (SSSR count). The number of allylic oxidation sites excluding steroid dienone is 1. The third kappa shape index (κ3) is 5.12. The number of aromatic nitrogens is 1. The van der Waals surface area contributed by atoms with Gasteiger partial charge in [-0.15, -0.1) is 0 Å². The molecule has 1 aromatic heterocycles. The van der Waals surface area contributed by atoms with E-state index < -0.39 is 18.0 Å². The number of nitrogens with two attached hydrogens (primary N) is 1. The summed E-state index contributed by atoms with van der Waals surface area (Å²) >= 11 is 0. The van der Waals surface area contributed by atoms with Gasteiger partial charge >= 0.3 is 5.97 Å². The molecule has 0 bridgehead atoms. The van der Waals surface area contributed by atoms with Crippen LogP contribution in [-0.2, 0) is 20.7 Å². The number of primary amides is 1. The Kier molecular flexibility index (Phi) is 7.04. The number of esters is 1. The maximum atomic E-state index is 13.7. The highest BCUT2D eigenvalue weighted by Crippen LogP contribution is 2.36. The van der Waals surface area contributed by atoms with Crippen molar-refractivity contribution >= 4 is 40.3 Å². The fraction of sp³-hybridized carbons (Fsp3) is 0.333. The summed E-state index contributed by atoms with van der Waals surface area (Å²) in [4.78, 5) is 44.9. The molecule has 190 valence electrons. The summed E-state index contributed by atoms with van der Waals surface area (Å²) in [5.41, 5.74) is 10.5. The van der Waals surface area contributed by atoms with Crippen LogP contribution in [0.1, 0.15) is 59.8 Å². The Morgan fingerprint density at radius 1 is 1.05 bits per heavy atom. The van der Waals surface area contributed by atoms with Crippen molar-refractivity contribution in [2.24, 2.45) is 11.7 Å². The molecule has 3 aromatic rings. The van der Waals surface area contributed by atoms with Gasteiger partial charge in [-0.05, 0) is 67.9 Å². The molecule has 2 aromatic carbocycles. The quantitative estimate of drug-likeness (QED) is 0.527. The molecule has 37 heavy (non-hydrogen) atoms. The zero-order valence-corrected chi connectivity index (χ0v) is 21.0. The van der Waals surface area contributed by atoms with Gasteiger partial charge in [-0.3, -0.25) is 9.59 Å². The highest BCUT2D eigenvalue weighted by molar-refractivity contribution is 6.07. The monoisotopic (exact) mass is 497 g/mol. The average Bonchev–Trinajstić information content (AvgIpc) is 2.92. The first-order valence-corrected chi connectivity index (χ1v) is 12.9. The van der Waals surface area contributed by atoms with Gasteiger partial charge in [-0.2, -0.15) is 0 Å². The van der Waals surface area contributed by atoms with Crippen molar-refractivity contribution in [2.45, 2.75) is 45.1 Å². The van der Waals surface area contributed by atoms with Gasteiger partial charge in [0.25, 0.3) is 5.91 Å². The zero-order valence-electron chi connectivity index (χ0n) is 21.0. The van der Waals surface area contributed by atoms with Crippen LogP contribution in [0.4, 0.5) is 0 Å². The van der Waals surface area contributed by atoms with Crippen LogP contribution in [0.5, 0.6) is 0 Å². The second-order valence-corrected chi connectivity index (χ2v) is 9.84. The number of pyridine rings is 1. The number of hydrogen-bond acceptors (Lipinski definition) is 5. The maximum absolute atomic E-state index is 13.7. The number of hydrogen-bond donors (Lipinski definition) is 1. The van der Waals surface area contributed by atoms with Crippen LogP contribution in [-0.4, -0.2) is 46.9 Å². The van der Waals surface area contributed by atoms with Crippen molar-refractivity contribution in [3.8, 4) is 0 Å². The Morgan fingerprint density at radius 2 is 1.81 bits per heavy atom. The normalized spacial score (nSPS) is 19.3. The fourth-order valence-corrected chi connectivity index (χ4v) is 5.40. The highest BCUT2D eigenvalue weighted by Gasteiger charge is 2.32. The van der Waals surface area contributed by atoms with Gasteiger partial charge in [-0.1, -0.05) is 48.5 Å². The number of benzene rings is 2. The molecule has 1 saturated heterocycles. The van der Waals surface area contributed by atoms with Gasteiger partial charge in [0.1, 0.15) is 0 Å². The van der Waals surface area contributed by atoms with Gasteiger partial charge in [0, 0.05) is 18.5 Å². The number of carbonyl (C=O) groups is 3.